The zero-order valence-electron chi connectivity index (χ0n) is 52.5. The third-order valence-corrected chi connectivity index (χ3v) is 14.1. The molecule has 0 aromatic heterocycles. The molecule has 13 atom stereocenters. The van der Waals surface area contributed by atoms with E-state index in [-0.39, 0.29) is 49.9 Å². The number of hydrogen-bond donors (Lipinski definition) is 8. The summed E-state index contributed by atoms with van der Waals surface area (Å²) in [6, 6.07) is -3.97. The Hall–Kier alpha value is -5.24. The van der Waals surface area contributed by atoms with Gasteiger partial charge in [-0.05, 0) is 168 Å². The van der Waals surface area contributed by atoms with Crippen LogP contribution >= 0.6 is 0 Å². The molecule has 3 heterocycles. The van der Waals surface area contributed by atoms with E-state index in [4.69, 9.17) is 37.9 Å². The molecular formula is C59H100N6O18. The monoisotopic (exact) mass is 1180 g/mol. The fraction of sp³-hybridized carbons (Fsp3) is 0.797. The van der Waals surface area contributed by atoms with E-state index in [1.165, 1.54) is 19.5 Å². The van der Waals surface area contributed by atoms with E-state index >= 15 is 0 Å². The Morgan fingerprint density at radius 3 is 2.00 bits per heavy atom. The second-order valence-corrected chi connectivity index (χ2v) is 27.4. The highest BCUT2D eigenvalue weighted by Crippen LogP contribution is 2.43. The number of nitrogens with zero attached hydrogens (tertiary/aromatic N) is 2. The van der Waals surface area contributed by atoms with Crippen molar-refractivity contribution in [3.05, 3.63) is 35.6 Å². The van der Waals surface area contributed by atoms with Gasteiger partial charge in [0.25, 0.3) is 0 Å². The molecule has 1 saturated carbocycles. The second-order valence-electron chi connectivity index (χ2n) is 27.4. The molecule has 3 aliphatic heterocycles. The average molecular weight is 1180 g/mol. The number of carbonyl (C=O) groups is 6. The molecule has 474 valence electrons. The van der Waals surface area contributed by atoms with Crippen molar-refractivity contribution in [3.63, 3.8) is 0 Å². The van der Waals surface area contributed by atoms with E-state index < -0.39 is 137 Å². The standard InChI is InChI=1S/C59H100N6O18/c1-20-34-25-28-65(53(74)83-58(15,16)17)31-35(34)23-26-60-30-36-21-22-37(33(2)48(70)79-54(3,4)5)44(77-36)41-38(63-51(72)81-56(9,10)11)29-39(62-47(69)40(66)24-27-61-50(71)80-55(6,7)8)45(42(41)67)78-49-43(68)46(59(18,75)32-76-49)64(19)52(73)82-57(12,13)14/h20-21,35,37-46,49,60,66-68,75H,2,22-32H2,1,3-19H3,(H,61,71)(H,62,69)(H,63,72)/t35?,37-,38-,39+,40-,41?,42-,43+,44-,45-,46+,49+,59-/m0/s1. The number of aliphatic hydroxyl groups is 4. The minimum absolute atomic E-state index is 0.0144. The topological polar surface area (TPSA) is 312 Å². The summed E-state index contributed by atoms with van der Waals surface area (Å²) in [6.45, 7) is 34.0. The summed E-state index contributed by atoms with van der Waals surface area (Å²) in [5, 5.41) is 59.9. The van der Waals surface area contributed by atoms with Crippen molar-refractivity contribution < 1.29 is 87.1 Å². The maximum atomic E-state index is 14.1. The first-order chi connectivity index (χ1) is 38.0. The van der Waals surface area contributed by atoms with Crippen LogP contribution in [0.4, 0.5) is 19.2 Å². The van der Waals surface area contributed by atoms with E-state index in [1.807, 2.05) is 27.7 Å². The summed E-state index contributed by atoms with van der Waals surface area (Å²) in [5.74, 6) is -3.49. The number of likely N-dealkylation sites (tertiary alicyclic amines) is 1. The van der Waals surface area contributed by atoms with Gasteiger partial charge in [0.1, 0.15) is 63.8 Å². The van der Waals surface area contributed by atoms with E-state index in [1.54, 1.807) is 94.1 Å². The summed E-state index contributed by atoms with van der Waals surface area (Å²) in [7, 11) is 1.33. The number of hydrogen-bond acceptors (Lipinski definition) is 19. The maximum absolute atomic E-state index is 14.1. The van der Waals surface area contributed by atoms with Crippen LogP contribution in [0, 0.1) is 17.8 Å². The van der Waals surface area contributed by atoms with Gasteiger partial charge in [-0.2, -0.15) is 0 Å². The lowest BCUT2D eigenvalue weighted by molar-refractivity contribution is -0.306. The van der Waals surface area contributed by atoms with Crippen LogP contribution in [-0.4, -0.2) is 201 Å². The molecule has 5 amide bonds. The number of aliphatic hydroxyl groups excluding tert-OH is 3. The molecule has 1 aliphatic carbocycles. The van der Waals surface area contributed by atoms with Gasteiger partial charge in [-0.25, -0.2) is 24.0 Å². The Labute approximate surface area is 491 Å². The van der Waals surface area contributed by atoms with Crippen LogP contribution in [0.2, 0.25) is 0 Å². The summed E-state index contributed by atoms with van der Waals surface area (Å²) in [6.07, 6.45) is -8.17. The fourth-order valence-electron chi connectivity index (χ4n) is 10.5. The van der Waals surface area contributed by atoms with Crippen molar-refractivity contribution in [2.75, 3.05) is 46.4 Å². The van der Waals surface area contributed by atoms with Crippen LogP contribution < -0.4 is 21.3 Å². The summed E-state index contributed by atoms with van der Waals surface area (Å²) < 4.78 is 47.6. The van der Waals surface area contributed by atoms with Crippen molar-refractivity contribution in [2.45, 2.75) is 238 Å². The van der Waals surface area contributed by atoms with Crippen LogP contribution in [0.5, 0.6) is 0 Å². The molecule has 2 saturated heterocycles. The van der Waals surface area contributed by atoms with Gasteiger partial charge in [-0.1, -0.05) is 18.2 Å². The molecule has 0 bridgehead atoms. The number of ether oxygens (including phenoxy) is 8. The Bertz CT molecular complexity index is 2330. The first-order valence-electron chi connectivity index (χ1n) is 28.9. The quantitative estimate of drug-likeness (QED) is 0.0294. The first kappa shape index (κ1) is 70.2. The number of rotatable bonds is 17. The molecule has 0 radical (unpaired) electrons. The van der Waals surface area contributed by atoms with Crippen molar-refractivity contribution in [1.82, 2.24) is 31.1 Å². The summed E-state index contributed by atoms with van der Waals surface area (Å²) in [5.41, 5.74) is -5.09. The Kier molecular flexibility index (Phi) is 24.0. The smallest absolute Gasteiger partial charge is 0.410 e. The molecular weight excluding hydrogens is 1080 g/mol. The van der Waals surface area contributed by atoms with Gasteiger partial charge in [0.05, 0.1) is 31.3 Å². The van der Waals surface area contributed by atoms with E-state index in [0.717, 1.165) is 4.90 Å². The van der Waals surface area contributed by atoms with Crippen LogP contribution in [0.15, 0.2) is 35.6 Å². The molecule has 24 nitrogen and oxygen atoms in total. The fourth-order valence-corrected chi connectivity index (χ4v) is 10.5. The number of alkyl carbamates (subject to hydrolysis) is 2. The Morgan fingerprint density at radius 2 is 1.42 bits per heavy atom. The highest BCUT2D eigenvalue weighted by molar-refractivity contribution is 5.89. The molecule has 3 fully saturated rings. The summed E-state index contributed by atoms with van der Waals surface area (Å²) >= 11 is 0. The predicted octanol–water partition coefficient (Wildman–Crippen LogP) is 5.48. The Balaban J connectivity index is 1.79. The largest absolute Gasteiger partial charge is 0.493 e. The zero-order chi connectivity index (χ0) is 63.0. The van der Waals surface area contributed by atoms with Gasteiger partial charge < -0.3 is 89.4 Å². The minimum atomic E-state index is -1.89. The third kappa shape index (κ3) is 21.7. The lowest BCUT2D eigenvalue weighted by Crippen LogP contribution is -2.70. The van der Waals surface area contributed by atoms with Crippen molar-refractivity contribution in [2.24, 2.45) is 17.8 Å². The normalized spacial score (nSPS) is 29.0. The zero-order valence-corrected chi connectivity index (χ0v) is 52.5. The number of carbonyl (C=O) groups excluding carboxylic acids is 6. The van der Waals surface area contributed by atoms with Crippen LogP contribution in [-0.2, 0) is 47.5 Å². The molecule has 24 heteroatoms. The van der Waals surface area contributed by atoms with E-state index in [2.05, 4.69) is 33.9 Å². The highest BCUT2D eigenvalue weighted by Gasteiger charge is 2.57. The molecule has 0 spiro atoms. The van der Waals surface area contributed by atoms with Gasteiger partial charge in [0.15, 0.2) is 6.29 Å². The van der Waals surface area contributed by atoms with Crippen LogP contribution in [0.25, 0.3) is 0 Å². The van der Waals surface area contributed by atoms with Gasteiger partial charge in [0, 0.05) is 50.1 Å². The molecule has 4 rings (SSSR count). The van der Waals surface area contributed by atoms with Crippen LogP contribution in [0.1, 0.15) is 150 Å². The van der Waals surface area contributed by atoms with Crippen molar-refractivity contribution in [3.8, 4) is 0 Å². The second kappa shape index (κ2) is 28.3. The van der Waals surface area contributed by atoms with Gasteiger partial charge >= 0.3 is 30.3 Å². The lowest BCUT2D eigenvalue weighted by Gasteiger charge is -2.52. The number of nitrogens with one attached hydrogen (secondary N) is 4. The lowest BCUT2D eigenvalue weighted by atomic mass is 9.69. The van der Waals surface area contributed by atoms with Gasteiger partial charge in [-0.3, -0.25) is 4.79 Å². The number of esters is 1. The third-order valence-electron chi connectivity index (χ3n) is 14.1. The van der Waals surface area contributed by atoms with E-state index in [9.17, 15) is 49.2 Å². The van der Waals surface area contributed by atoms with Crippen molar-refractivity contribution >= 4 is 36.2 Å². The van der Waals surface area contributed by atoms with Crippen LogP contribution in [0.3, 0.4) is 0 Å². The van der Waals surface area contributed by atoms with Crippen molar-refractivity contribution in [1.29, 1.82) is 0 Å². The number of amides is 5. The number of allylic oxidation sites excluding steroid dienone is 2. The molecule has 0 aromatic carbocycles. The molecule has 2 unspecified atom stereocenters. The SMILES string of the molecule is C=C(C(=O)OC(C)(C)C)[C@@H]1CC=C(CNCCC2CN(C(=O)OC(C)(C)C)CCC2=CC)O[C@@H]1C1[C@@H](NC(=O)OC(C)(C)C)C[C@@H](NC(=O)[C@@H](O)CCNC(=O)OC(C)(C)C)[C@H](O[C@H]2OC[C@](C)(O)[C@H](N(C)C(=O)OC(C)(C)C)[C@H]2O)[C@H]1O. The van der Waals surface area contributed by atoms with E-state index in [0.29, 0.717) is 38.2 Å². The number of likely N-dealkylation sites (N-methyl/N-ethyl adjacent to an activating group) is 1. The molecule has 83 heavy (non-hydrogen) atoms. The summed E-state index contributed by atoms with van der Waals surface area (Å²) in [4.78, 5) is 83.9. The van der Waals surface area contributed by atoms with Gasteiger partial charge in [0.2, 0.25) is 5.91 Å². The van der Waals surface area contributed by atoms with Gasteiger partial charge in [-0.15, -0.1) is 0 Å². The number of piperidine rings is 1. The minimum Gasteiger partial charge on any atom is -0.493 e. The molecule has 0 aromatic rings. The highest BCUT2D eigenvalue weighted by atomic mass is 16.7. The average Bonchev–Trinajstić information content (AvgIpc) is 3.47. The maximum Gasteiger partial charge on any atom is 0.410 e. The Morgan fingerprint density at radius 1 is 0.831 bits per heavy atom. The molecule has 8 N–H and O–H groups in total. The molecule has 4 aliphatic rings. The first-order valence-corrected chi connectivity index (χ1v) is 28.9. The predicted molar refractivity (Wildman–Crippen MR) is 306 cm³/mol.